The molecule has 0 aliphatic carbocycles. The minimum Gasteiger partial charge on any atom is -0.493 e. The molecule has 4 nitrogen and oxygen atoms in total. The number of halogens is 1. The highest BCUT2D eigenvalue weighted by molar-refractivity contribution is 9.10. The number of hydrogen-bond acceptors (Lipinski definition) is 3. The van der Waals surface area contributed by atoms with Gasteiger partial charge in [-0.15, -0.1) is 0 Å². The van der Waals surface area contributed by atoms with Crippen molar-refractivity contribution in [2.24, 2.45) is 0 Å². The zero-order valence-electron chi connectivity index (χ0n) is 16.2. The number of nitrogens with one attached hydrogen (secondary N) is 1. The normalized spacial score (nSPS) is 13.9. The summed E-state index contributed by atoms with van der Waals surface area (Å²) in [6.45, 7) is 2.49. The lowest BCUT2D eigenvalue weighted by Crippen LogP contribution is -2.03. The first-order chi connectivity index (χ1) is 14.0. The van der Waals surface area contributed by atoms with Crippen molar-refractivity contribution in [2.75, 3.05) is 12.4 Å². The molecule has 1 aliphatic heterocycles. The number of aryl methyl sites for hydroxylation is 1. The predicted molar refractivity (Wildman–Crippen MR) is 119 cm³/mol. The van der Waals surface area contributed by atoms with E-state index in [0.717, 1.165) is 26.9 Å². The predicted octanol–water partition coefficient (Wildman–Crippen LogP) is 5.84. The third kappa shape index (κ3) is 4.05. The molecule has 146 valence electrons. The average molecular weight is 450 g/mol. The Morgan fingerprint density at radius 1 is 1.07 bits per heavy atom. The molecule has 0 bridgehead atoms. The SMILES string of the molecule is COc1cc(/C=C2\C(=O)Nc3ccccc32)cc(Br)c1OCc1ccc(C)cc1. The van der Waals surface area contributed by atoms with Crippen molar-refractivity contribution < 1.29 is 14.3 Å². The molecule has 4 rings (SSSR count). The summed E-state index contributed by atoms with van der Waals surface area (Å²) >= 11 is 3.59. The van der Waals surface area contributed by atoms with Crippen LogP contribution in [0.3, 0.4) is 0 Å². The van der Waals surface area contributed by atoms with Crippen molar-refractivity contribution in [1.29, 1.82) is 0 Å². The number of carbonyl (C=O) groups is 1. The van der Waals surface area contributed by atoms with Gasteiger partial charge in [0, 0.05) is 16.8 Å². The third-order valence-electron chi connectivity index (χ3n) is 4.78. The van der Waals surface area contributed by atoms with Crippen LogP contribution < -0.4 is 14.8 Å². The Hall–Kier alpha value is -3.05. The number of carbonyl (C=O) groups excluding carboxylic acids is 1. The number of rotatable bonds is 5. The van der Waals surface area contributed by atoms with E-state index in [1.165, 1.54) is 5.56 Å². The molecule has 3 aromatic rings. The first kappa shape index (κ1) is 19.3. The Labute approximate surface area is 178 Å². The summed E-state index contributed by atoms with van der Waals surface area (Å²) in [5, 5.41) is 2.89. The van der Waals surface area contributed by atoms with Crippen LogP contribution in [0.15, 0.2) is 65.1 Å². The van der Waals surface area contributed by atoms with Crippen molar-refractivity contribution in [3.63, 3.8) is 0 Å². The van der Waals surface area contributed by atoms with E-state index in [9.17, 15) is 4.79 Å². The zero-order chi connectivity index (χ0) is 20.4. The minimum absolute atomic E-state index is 0.110. The largest absolute Gasteiger partial charge is 0.493 e. The van der Waals surface area contributed by atoms with Gasteiger partial charge in [0.15, 0.2) is 11.5 Å². The summed E-state index contributed by atoms with van der Waals surface area (Å²) in [6, 6.07) is 19.7. The van der Waals surface area contributed by atoms with Crippen LogP contribution in [0.5, 0.6) is 11.5 Å². The van der Waals surface area contributed by atoms with Crippen molar-refractivity contribution >= 4 is 39.2 Å². The first-order valence-electron chi connectivity index (χ1n) is 9.23. The average Bonchev–Trinajstić information content (AvgIpc) is 3.03. The lowest BCUT2D eigenvalue weighted by molar-refractivity contribution is -0.110. The fourth-order valence-electron chi connectivity index (χ4n) is 3.25. The Morgan fingerprint density at radius 2 is 1.83 bits per heavy atom. The van der Waals surface area contributed by atoms with Crippen molar-refractivity contribution in [1.82, 2.24) is 0 Å². The van der Waals surface area contributed by atoms with Gasteiger partial charge in [-0.3, -0.25) is 4.79 Å². The van der Waals surface area contributed by atoms with Gasteiger partial charge in [-0.05, 0) is 58.3 Å². The Kier molecular flexibility index (Phi) is 5.41. The van der Waals surface area contributed by atoms with Gasteiger partial charge in [-0.2, -0.15) is 0 Å². The standard InChI is InChI=1S/C24H20BrNO3/c1-15-7-9-16(10-8-15)14-29-23-20(25)12-17(13-22(23)28-2)11-19-18-5-3-4-6-21(18)26-24(19)27/h3-13H,14H2,1-2H3,(H,26,27)/b19-11-. The van der Waals surface area contributed by atoms with Gasteiger partial charge < -0.3 is 14.8 Å². The summed E-state index contributed by atoms with van der Waals surface area (Å²) in [6.07, 6.45) is 1.86. The van der Waals surface area contributed by atoms with Crippen LogP contribution >= 0.6 is 15.9 Å². The molecule has 1 N–H and O–H groups in total. The second kappa shape index (κ2) is 8.13. The minimum atomic E-state index is -0.110. The van der Waals surface area contributed by atoms with Crippen LogP contribution in [0.1, 0.15) is 22.3 Å². The monoisotopic (exact) mass is 449 g/mol. The molecule has 1 heterocycles. The van der Waals surface area contributed by atoms with E-state index in [1.54, 1.807) is 7.11 Å². The van der Waals surface area contributed by atoms with Gasteiger partial charge in [0.1, 0.15) is 6.61 Å². The van der Waals surface area contributed by atoms with Crippen LogP contribution in [-0.4, -0.2) is 13.0 Å². The number of ether oxygens (including phenoxy) is 2. The van der Waals surface area contributed by atoms with Gasteiger partial charge in [-0.1, -0.05) is 48.0 Å². The van der Waals surface area contributed by atoms with Crippen LogP contribution in [-0.2, 0) is 11.4 Å². The molecule has 0 atom stereocenters. The van der Waals surface area contributed by atoms with Crippen LogP contribution in [0.25, 0.3) is 11.6 Å². The van der Waals surface area contributed by atoms with E-state index in [1.807, 2.05) is 54.6 Å². The molecule has 1 aliphatic rings. The Morgan fingerprint density at radius 3 is 2.59 bits per heavy atom. The lowest BCUT2D eigenvalue weighted by atomic mass is 10.0. The van der Waals surface area contributed by atoms with Crippen molar-refractivity contribution in [3.8, 4) is 11.5 Å². The highest BCUT2D eigenvalue weighted by Gasteiger charge is 2.23. The van der Waals surface area contributed by atoms with E-state index >= 15 is 0 Å². The van der Waals surface area contributed by atoms with Crippen molar-refractivity contribution in [2.45, 2.75) is 13.5 Å². The van der Waals surface area contributed by atoms with Crippen molar-refractivity contribution in [3.05, 3.63) is 87.4 Å². The summed E-state index contributed by atoms with van der Waals surface area (Å²) in [5.41, 5.74) is 5.48. The maximum atomic E-state index is 12.4. The van der Waals surface area contributed by atoms with Gasteiger partial charge in [0.05, 0.1) is 11.6 Å². The smallest absolute Gasteiger partial charge is 0.256 e. The number of methoxy groups -OCH3 is 1. The molecule has 1 amide bonds. The fraction of sp³-hybridized carbons (Fsp3) is 0.125. The molecule has 29 heavy (non-hydrogen) atoms. The van der Waals surface area contributed by atoms with E-state index < -0.39 is 0 Å². The van der Waals surface area contributed by atoms with Gasteiger partial charge in [0.25, 0.3) is 5.91 Å². The number of hydrogen-bond donors (Lipinski definition) is 1. The van der Waals surface area contributed by atoms with E-state index in [2.05, 4.69) is 40.3 Å². The highest BCUT2D eigenvalue weighted by atomic mass is 79.9. The number of anilines is 1. The second-order valence-electron chi connectivity index (χ2n) is 6.87. The zero-order valence-corrected chi connectivity index (χ0v) is 17.7. The molecule has 5 heteroatoms. The number of fused-ring (bicyclic) bond motifs is 1. The van der Waals surface area contributed by atoms with Gasteiger partial charge in [-0.25, -0.2) is 0 Å². The number of para-hydroxylation sites is 1. The molecule has 0 spiro atoms. The van der Waals surface area contributed by atoms with Crippen LogP contribution in [0.4, 0.5) is 5.69 Å². The van der Waals surface area contributed by atoms with E-state index in [4.69, 9.17) is 9.47 Å². The van der Waals surface area contributed by atoms with E-state index in [0.29, 0.717) is 23.7 Å². The highest BCUT2D eigenvalue weighted by Crippen LogP contribution is 2.39. The molecule has 0 radical (unpaired) electrons. The molecule has 0 fully saturated rings. The first-order valence-corrected chi connectivity index (χ1v) is 10.0. The molecular weight excluding hydrogens is 430 g/mol. The summed E-state index contributed by atoms with van der Waals surface area (Å²) in [7, 11) is 1.61. The maximum Gasteiger partial charge on any atom is 0.256 e. The molecule has 3 aromatic carbocycles. The maximum absolute atomic E-state index is 12.4. The van der Waals surface area contributed by atoms with Crippen LogP contribution in [0.2, 0.25) is 0 Å². The molecule has 0 unspecified atom stereocenters. The Balaban J connectivity index is 1.63. The second-order valence-corrected chi connectivity index (χ2v) is 7.72. The van der Waals surface area contributed by atoms with Gasteiger partial charge in [0.2, 0.25) is 0 Å². The van der Waals surface area contributed by atoms with E-state index in [-0.39, 0.29) is 5.91 Å². The van der Waals surface area contributed by atoms with Gasteiger partial charge >= 0.3 is 0 Å². The summed E-state index contributed by atoms with van der Waals surface area (Å²) in [4.78, 5) is 12.4. The Bertz CT molecular complexity index is 1100. The summed E-state index contributed by atoms with van der Waals surface area (Å²) in [5.74, 6) is 1.12. The third-order valence-corrected chi connectivity index (χ3v) is 5.37. The fourth-order valence-corrected chi connectivity index (χ4v) is 3.83. The quantitative estimate of drug-likeness (QED) is 0.497. The molecule has 0 aromatic heterocycles. The summed E-state index contributed by atoms with van der Waals surface area (Å²) < 4.78 is 12.3. The van der Waals surface area contributed by atoms with Crippen LogP contribution in [0, 0.1) is 6.92 Å². The number of amides is 1. The lowest BCUT2D eigenvalue weighted by Gasteiger charge is -2.14. The topological polar surface area (TPSA) is 47.6 Å². The molecule has 0 saturated heterocycles. The molecular formula is C24H20BrNO3. The molecule has 0 saturated carbocycles. The number of benzene rings is 3.